The molecule has 0 saturated heterocycles. The van der Waals surface area contributed by atoms with Crippen molar-refractivity contribution in [1.82, 2.24) is 16.1 Å². The number of amides is 3. The second-order valence-electron chi connectivity index (χ2n) is 9.98. The third-order valence-electron chi connectivity index (χ3n) is 6.84. The van der Waals surface area contributed by atoms with Crippen molar-refractivity contribution in [2.75, 3.05) is 26.9 Å². The first-order valence-electron chi connectivity index (χ1n) is 14.7. The van der Waals surface area contributed by atoms with E-state index >= 15 is 0 Å². The van der Waals surface area contributed by atoms with Crippen LogP contribution in [-0.4, -0.2) is 51.1 Å². The molecule has 0 radical (unpaired) electrons. The van der Waals surface area contributed by atoms with Crippen LogP contribution in [0.5, 0.6) is 23.0 Å². The van der Waals surface area contributed by atoms with Crippen LogP contribution in [0.25, 0.3) is 0 Å². The van der Waals surface area contributed by atoms with Gasteiger partial charge in [-0.15, -0.1) is 0 Å². The Kier molecular flexibility index (Phi) is 11.8. The maximum Gasteiger partial charge on any atom is 0.338 e. The van der Waals surface area contributed by atoms with Crippen LogP contribution in [-0.2, 0) is 20.9 Å². The van der Waals surface area contributed by atoms with Gasteiger partial charge in [0.25, 0.3) is 5.91 Å². The maximum absolute atomic E-state index is 12.6. The fourth-order valence-corrected chi connectivity index (χ4v) is 4.66. The number of carbonyl (C=O) groups is 3. The van der Waals surface area contributed by atoms with E-state index in [0.717, 1.165) is 5.56 Å². The number of ether oxygens (including phenoxy) is 5. The van der Waals surface area contributed by atoms with Gasteiger partial charge in [0.05, 0.1) is 49.8 Å². The van der Waals surface area contributed by atoms with Crippen LogP contribution in [0.3, 0.4) is 0 Å². The van der Waals surface area contributed by atoms with Gasteiger partial charge < -0.3 is 34.3 Å². The van der Waals surface area contributed by atoms with E-state index < -0.39 is 23.9 Å². The van der Waals surface area contributed by atoms with Crippen molar-refractivity contribution < 1.29 is 38.1 Å². The van der Waals surface area contributed by atoms with E-state index in [-0.39, 0.29) is 36.9 Å². The first-order valence-corrected chi connectivity index (χ1v) is 14.7. The fourth-order valence-electron chi connectivity index (χ4n) is 4.66. The zero-order valence-corrected chi connectivity index (χ0v) is 26.4. The lowest BCUT2D eigenvalue weighted by atomic mass is 9.95. The molecule has 0 bridgehead atoms. The molecule has 13 heteroatoms. The fraction of sp³-hybridized carbons (Fsp3) is 0.265. The molecular formula is C34H35N5O8. The standard InChI is InChI=1S/C34H35N5O8/c1-5-44-29-15-22(11-13-27(29)46-19-25-10-8-7-9-24(25)17-35)18-36-39-30(40)20-47-26-14-12-23(16-28(26)43-4)32-31(33(41)45-6-2)21(3)37-34(42)38-32/h7-16,18,32H,5-6,19-20H2,1-4H3,(H,39,40)(H2,37,38,42)/b36-18-/t32-/m0/s1. The first-order chi connectivity index (χ1) is 22.8. The molecule has 1 atom stereocenters. The number of methoxy groups -OCH3 is 1. The van der Waals surface area contributed by atoms with E-state index in [1.807, 2.05) is 19.1 Å². The van der Waals surface area contributed by atoms with Crippen LogP contribution in [0, 0.1) is 11.3 Å². The number of hydrogen-bond donors (Lipinski definition) is 3. The van der Waals surface area contributed by atoms with Gasteiger partial charge in [0.15, 0.2) is 29.6 Å². The Balaban J connectivity index is 1.37. The topological polar surface area (TPSA) is 170 Å². The second kappa shape index (κ2) is 16.3. The SMILES string of the molecule is CCOC(=O)C1=C(C)NC(=O)N[C@H]1c1ccc(OCC(=O)N/N=C\c2ccc(OCc3ccccc3C#N)c(OCC)c2)c(OC)c1. The zero-order chi connectivity index (χ0) is 33.8. The highest BCUT2D eigenvalue weighted by molar-refractivity contribution is 5.95. The van der Waals surface area contributed by atoms with Crippen molar-refractivity contribution in [2.45, 2.75) is 33.4 Å². The second-order valence-corrected chi connectivity index (χ2v) is 9.98. The Hall–Kier alpha value is -6.03. The van der Waals surface area contributed by atoms with Crippen LogP contribution in [0.1, 0.15) is 49.1 Å². The molecule has 0 aromatic heterocycles. The van der Waals surface area contributed by atoms with Crippen LogP contribution < -0.4 is 35.0 Å². The lowest BCUT2D eigenvalue weighted by Gasteiger charge is -2.28. The van der Waals surface area contributed by atoms with E-state index in [1.165, 1.54) is 13.3 Å². The molecule has 3 N–H and O–H groups in total. The molecule has 47 heavy (non-hydrogen) atoms. The molecule has 0 fully saturated rings. The molecular weight excluding hydrogens is 606 g/mol. The highest BCUT2D eigenvalue weighted by atomic mass is 16.5. The van der Waals surface area contributed by atoms with E-state index in [9.17, 15) is 19.6 Å². The van der Waals surface area contributed by atoms with Crippen molar-refractivity contribution in [2.24, 2.45) is 5.10 Å². The lowest BCUT2D eigenvalue weighted by Crippen LogP contribution is -2.45. The number of benzene rings is 3. The average Bonchev–Trinajstić information content (AvgIpc) is 3.06. The Morgan fingerprint density at radius 2 is 1.74 bits per heavy atom. The molecule has 1 aliphatic rings. The summed E-state index contributed by atoms with van der Waals surface area (Å²) in [7, 11) is 1.43. The molecule has 0 aliphatic carbocycles. The summed E-state index contributed by atoms with van der Waals surface area (Å²) in [6, 6.07) is 18.1. The van der Waals surface area contributed by atoms with Crippen LogP contribution in [0.2, 0.25) is 0 Å². The number of hydrazone groups is 1. The van der Waals surface area contributed by atoms with Crippen LogP contribution in [0.4, 0.5) is 4.79 Å². The number of nitrogens with one attached hydrogen (secondary N) is 3. The smallest absolute Gasteiger partial charge is 0.338 e. The highest BCUT2D eigenvalue weighted by Crippen LogP contribution is 2.35. The van der Waals surface area contributed by atoms with Crippen molar-refractivity contribution in [1.29, 1.82) is 5.26 Å². The van der Waals surface area contributed by atoms with Gasteiger partial charge in [-0.1, -0.05) is 24.3 Å². The van der Waals surface area contributed by atoms with Gasteiger partial charge in [0.2, 0.25) is 0 Å². The minimum Gasteiger partial charge on any atom is -0.493 e. The maximum atomic E-state index is 12.6. The van der Waals surface area contributed by atoms with Gasteiger partial charge in [0.1, 0.15) is 6.61 Å². The van der Waals surface area contributed by atoms with E-state index in [0.29, 0.717) is 40.5 Å². The highest BCUT2D eigenvalue weighted by Gasteiger charge is 2.32. The third-order valence-corrected chi connectivity index (χ3v) is 6.84. The third kappa shape index (κ3) is 8.79. The monoisotopic (exact) mass is 641 g/mol. The Bertz CT molecular complexity index is 1730. The number of carbonyl (C=O) groups excluding carboxylic acids is 3. The number of nitrogens with zero attached hydrogens (tertiary/aromatic N) is 2. The van der Waals surface area contributed by atoms with Gasteiger partial charge in [-0.3, -0.25) is 4.79 Å². The van der Waals surface area contributed by atoms with E-state index in [2.05, 4.69) is 27.2 Å². The number of esters is 1. The molecule has 0 saturated carbocycles. The zero-order valence-electron chi connectivity index (χ0n) is 26.4. The van der Waals surface area contributed by atoms with Gasteiger partial charge in [0, 0.05) is 11.3 Å². The molecule has 1 aliphatic heterocycles. The van der Waals surface area contributed by atoms with Crippen molar-refractivity contribution >= 4 is 24.1 Å². The Morgan fingerprint density at radius 3 is 2.49 bits per heavy atom. The average molecular weight is 642 g/mol. The van der Waals surface area contributed by atoms with Crippen molar-refractivity contribution in [3.63, 3.8) is 0 Å². The van der Waals surface area contributed by atoms with Gasteiger partial charge in [-0.2, -0.15) is 10.4 Å². The molecule has 3 aromatic carbocycles. The summed E-state index contributed by atoms with van der Waals surface area (Å²) in [4.78, 5) is 37.3. The van der Waals surface area contributed by atoms with Crippen LogP contribution in [0.15, 0.2) is 77.0 Å². The summed E-state index contributed by atoms with van der Waals surface area (Å²) in [5, 5.41) is 18.6. The Labute approximate surface area is 272 Å². The molecule has 3 aromatic rings. The summed E-state index contributed by atoms with van der Waals surface area (Å²) >= 11 is 0. The van der Waals surface area contributed by atoms with E-state index in [1.54, 1.807) is 62.4 Å². The molecule has 3 amide bonds. The molecule has 0 unspecified atom stereocenters. The molecule has 4 rings (SSSR count). The van der Waals surface area contributed by atoms with E-state index in [4.69, 9.17) is 23.7 Å². The van der Waals surface area contributed by atoms with Gasteiger partial charge in [-0.05, 0) is 68.3 Å². The number of rotatable bonds is 14. The predicted octanol–water partition coefficient (Wildman–Crippen LogP) is 4.26. The molecule has 1 heterocycles. The number of allylic oxidation sites excluding steroid dienone is 1. The molecule has 13 nitrogen and oxygen atoms in total. The van der Waals surface area contributed by atoms with Crippen molar-refractivity contribution in [3.8, 4) is 29.1 Å². The number of nitriles is 1. The first kappa shape index (κ1) is 33.9. The normalized spacial score (nSPS) is 14.0. The summed E-state index contributed by atoms with van der Waals surface area (Å²) in [5.74, 6) is 0.454. The van der Waals surface area contributed by atoms with Crippen LogP contribution >= 0.6 is 0 Å². The number of urea groups is 1. The Morgan fingerprint density at radius 1 is 0.979 bits per heavy atom. The summed E-state index contributed by atoms with van der Waals surface area (Å²) < 4.78 is 27.9. The largest absolute Gasteiger partial charge is 0.493 e. The van der Waals surface area contributed by atoms with Crippen molar-refractivity contribution in [3.05, 3.63) is 94.2 Å². The summed E-state index contributed by atoms with van der Waals surface area (Å²) in [6.07, 6.45) is 1.45. The van der Waals surface area contributed by atoms with Gasteiger partial charge >= 0.3 is 12.0 Å². The quantitative estimate of drug-likeness (QED) is 0.132. The lowest BCUT2D eigenvalue weighted by molar-refractivity contribution is -0.139. The minimum absolute atomic E-state index is 0.175. The minimum atomic E-state index is -0.785. The molecule has 0 spiro atoms. The summed E-state index contributed by atoms with van der Waals surface area (Å²) in [5.41, 5.74) is 5.55. The molecule has 244 valence electrons. The predicted molar refractivity (Wildman–Crippen MR) is 171 cm³/mol. The number of hydrogen-bond acceptors (Lipinski definition) is 10. The van der Waals surface area contributed by atoms with Gasteiger partial charge in [-0.25, -0.2) is 15.0 Å². The summed E-state index contributed by atoms with van der Waals surface area (Å²) in [6.45, 7) is 5.57.